The van der Waals surface area contributed by atoms with Crippen molar-refractivity contribution < 1.29 is 9.53 Å². The van der Waals surface area contributed by atoms with E-state index in [1.807, 2.05) is 0 Å². The van der Waals surface area contributed by atoms with Gasteiger partial charge in [-0.1, -0.05) is 19.3 Å². The van der Waals surface area contributed by atoms with E-state index in [0.717, 1.165) is 51.6 Å². The zero-order valence-electron chi connectivity index (χ0n) is 11.5. The first kappa shape index (κ1) is 13.8. The summed E-state index contributed by atoms with van der Waals surface area (Å²) in [6, 6.07) is 0. The van der Waals surface area contributed by atoms with Crippen LogP contribution in [0.5, 0.6) is 0 Å². The molecule has 2 N–H and O–H groups in total. The molecule has 4 nitrogen and oxygen atoms in total. The van der Waals surface area contributed by atoms with Crippen molar-refractivity contribution in [3.8, 4) is 0 Å². The Morgan fingerprint density at radius 1 is 1.28 bits per heavy atom. The molecule has 2 aliphatic rings. The fourth-order valence-electron chi connectivity index (χ4n) is 3.05. The first-order valence-electron chi connectivity index (χ1n) is 7.24. The van der Waals surface area contributed by atoms with Crippen molar-refractivity contribution in [1.82, 2.24) is 4.90 Å². The van der Waals surface area contributed by atoms with Gasteiger partial charge in [0.1, 0.15) is 6.10 Å². The van der Waals surface area contributed by atoms with Crippen molar-refractivity contribution in [2.45, 2.75) is 63.0 Å². The van der Waals surface area contributed by atoms with Gasteiger partial charge in [0.05, 0.1) is 6.42 Å². The monoisotopic (exact) mass is 254 g/mol. The third-order valence-corrected chi connectivity index (χ3v) is 4.31. The molecule has 2 rings (SSSR count). The van der Waals surface area contributed by atoms with Crippen LogP contribution < -0.4 is 5.73 Å². The first-order valence-corrected chi connectivity index (χ1v) is 7.24. The van der Waals surface area contributed by atoms with Crippen LogP contribution in [0.1, 0.15) is 51.4 Å². The van der Waals surface area contributed by atoms with E-state index in [2.05, 4.69) is 11.9 Å². The van der Waals surface area contributed by atoms with Gasteiger partial charge in [0.25, 0.3) is 0 Å². The van der Waals surface area contributed by atoms with Crippen LogP contribution in [0, 0.1) is 0 Å². The van der Waals surface area contributed by atoms with Crippen LogP contribution in [0.4, 0.5) is 0 Å². The van der Waals surface area contributed by atoms with E-state index >= 15 is 0 Å². The summed E-state index contributed by atoms with van der Waals surface area (Å²) in [5.41, 5.74) is 5.99. The molecule has 4 heteroatoms. The third kappa shape index (κ3) is 3.95. The van der Waals surface area contributed by atoms with Crippen molar-refractivity contribution >= 4 is 5.97 Å². The molecule has 0 atom stereocenters. The summed E-state index contributed by atoms with van der Waals surface area (Å²) >= 11 is 0. The van der Waals surface area contributed by atoms with Crippen LogP contribution in [0.2, 0.25) is 0 Å². The summed E-state index contributed by atoms with van der Waals surface area (Å²) in [6.07, 6.45) is 7.92. The van der Waals surface area contributed by atoms with Gasteiger partial charge in [-0.05, 0) is 32.7 Å². The molecular weight excluding hydrogens is 228 g/mol. The van der Waals surface area contributed by atoms with E-state index in [9.17, 15) is 4.79 Å². The maximum Gasteiger partial charge on any atom is 0.307 e. The lowest BCUT2D eigenvalue weighted by Gasteiger charge is -2.34. The van der Waals surface area contributed by atoms with Gasteiger partial charge in [-0.25, -0.2) is 0 Å². The number of ether oxygens (including phenoxy) is 1. The maximum atomic E-state index is 12.0. The number of piperidine rings is 1. The molecule has 18 heavy (non-hydrogen) atoms. The van der Waals surface area contributed by atoms with Crippen molar-refractivity contribution in [3.63, 3.8) is 0 Å². The smallest absolute Gasteiger partial charge is 0.307 e. The number of carbonyl (C=O) groups excluding carboxylic acids is 1. The van der Waals surface area contributed by atoms with Crippen LogP contribution >= 0.6 is 0 Å². The van der Waals surface area contributed by atoms with Crippen LogP contribution in [0.3, 0.4) is 0 Å². The Labute approximate surface area is 110 Å². The van der Waals surface area contributed by atoms with Gasteiger partial charge in [0.2, 0.25) is 0 Å². The van der Waals surface area contributed by atoms with E-state index in [1.54, 1.807) is 0 Å². The van der Waals surface area contributed by atoms with Crippen molar-refractivity contribution in [2.24, 2.45) is 5.73 Å². The van der Waals surface area contributed by atoms with Crippen LogP contribution in [-0.2, 0) is 9.53 Å². The van der Waals surface area contributed by atoms with E-state index < -0.39 is 0 Å². The van der Waals surface area contributed by atoms with E-state index in [4.69, 9.17) is 10.5 Å². The molecule has 1 heterocycles. The SMILES string of the molecule is CN1CCC(OC(=O)CC2(N)CCCCC2)CC1. The average Bonchev–Trinajstić information content (AvgIpc) is 2.32. The maximum absolute atomic E-state index is 12.0. The van der Waals surface area contributed by atoms with Crippen molar-refractivity contribution in [3.05, 3.63) is 0 Å². The first-order chi connectivity index (χ1) is 8.57. The third-order valence-electron chi connectivity index (χ3n) is 4.31. The summed E-state index contributed by atoms with van der Waals surface area (Å²) in [7, 11) is 2.11. The predicted molar refractivity (Wildman–Crippen MR) is 71.2 cm³/mol. The van der Waals surface area contributed by atoms with Crippen molar-refractivity contribution in [1.29, 1.82) is 0 Å². The minimum atomic E-state index is -0.291. The zero-order valence-corrected chi connectivity index (χ0v) is 11.5. The van der Waals surface area contributed by atoms with Gasteiger partial charge in [0.15, 0.2) is 0 Å². The topological polar surface area (TPSA) is 55.6 Å². The summed E-state index contributed by atoms with van der Waals surface area (Å²) in [5.74, 6) is -0.0889. The number of nitrogens with zero attached hydrogens (tertiary/aromatic N) is 1. The highest BCUT2D eigenvalue weighted by molar-refractivity contribution is 5.71. The van der Waals surface area contributed by atoms with E-state index in [-0.39, 0.29) is 17.6 Å². The van der Waals surface area contributed by atoms with E-state index in [0.29, 0.717) is 6.42 Å². The molecule has 0 aromatic heterocycles. The number of likely N-dealkylation sites (tertiary alicyclic amines) is 1. The molecule has 0 amide bonds. The molecule has 1 aliphatic heterocycles. The Bertz CT molecular complexity index is 280. The van der Waals surface area contributed by atoms with Gasteiger partial charge in [-0.2, -0.15) is 0 Å². The molecule has 0 bridgehead atoms. The minimum Gasteiger partial charge on any atom is -0.462 e. The summed E-state index contributed by atoms with van der Waals surface area (Å²) in [6.45, 7) is 2.04. The van der Waals surface area contributed by atoms with Gasteiger partial charge in [0, 0.05) is 18.6 Å². The number of carbonyl (C=O) groups is 1. The second-order valence-corrected chi connectivity index (χ2v) is 6.09. The van der Waals surface area contributed by atoms with Gasteiger partial charge >= 0.3 is 5.97 Å². The van der Waals surface area contributed by atoms with Gasteiger partial charge in [-0.3, -0.25) is 4.79 Å². The molecule has 1 saturated heterocycles. The highest BCUT2D eigenvalue weighted by Gasteiger charge is 2.31. The Balaban J connectivity index is 1.74. The Morgan fingerprint density at radius 3 is 2.50 bits per heavy atom. The Morgan fingerprint density at radius 2 is 1.89 bits per heavy atom. The average molecular weight is 254 g/mol. The quantitative estimate of drug-likeness (QED) is 0.779. The zero-order chi connectivity index (χ0) is 13.0. The lowest BCUT2D eigenvalue weighted by Crippen LogP contribution is -2.45. The lowest BCUT2D eigenvalue weighted by molar-refractivity contribution is -0.152. The normalized spacial score (nSPS) is 25.9. The van der Waals surface area contributed by atoms with Gasteiger partial charge < -0.3 is 15.4 Å². The molecule has 104 valence electrons. The molecule has 0 unspecified atom stereocenters. The number of nitrogens with two attached hydrogens (primary N) is 1. The van der Waals surface area contributed by atoms with Crippen LogP contribution in [0.25, 0.3) is 0 Å². The van der Waals surface area contributed by atoms with Crippen molar-refractivity contribution in [2.75, 3.05) is 20.1 Å². The second-order valence-electron chi connectivity index (χ2n) is 6.09. The molecule has 0 aromatic rings. The van der Waals surface area contributed by atoms with Gasteiger partial charge in [-0.15, -0.1) is 0 Å². The molecule has 0 radical (unpaired) electrons. The fourth-order valence-corrected chi connectivity index (χ4v) is 3.05. The summed E-state index contributed by atoms with van der Waals surface area (Å²) in [5, 5.41) is 0. The molecule has 0 spiro atoms. The molecular formula is C14H26N2O2. The predicted octanol–water partition coefficient (Wildman–Crippen LogP) is 1.68. The highest BCUT2D eigenvalue weighted by Crippen LogP contribution is 2.29. The number of hydrogen-bond acceptors (Lipinski definition) is 4. The molecule has 0 aromatic carbocycles. The molecule has 1 aliphatic carbocycles. The highest BCUT2D eigenvalue weighted by atomic mass is 16.5. The summed E-state index contributed by atoms with van der Waals surface area (Å²) in [4.78, 5) is 14.2. The lowest BCUT2D eigenvalue weighted by atomic mass is 9.80. The standard InChI is InChI=1S/C14H26N2O2/c1-16-9-5-12(6-10-16)18-13(17)11-14(15)7-3-2-4-8-14/h12H,2-11,15H2,1H3. The fraction of sp³-hybridized carbons (Fsp3) is 0.929. The number of hydrogen-bond donors (Lipinski definition) is 1. The number of esters is 1. The Kier molecular flexibility index (Phi) is 4.62. The Hall–Kier alpha value is -0.610. The largest absolute Gasteiger partial charge is 0.462 e. The van der Waals surface area contributed by atoms with Crippen LogP contribution in [-0.4, -0.2) is 42.6 Å². The second kappa shape index (κ2) is 6.02. The minimum absolute atomic E-state index is 0.0889. The number of rotatable bonds is 3. The molecule has 2 fully saturated rings. The van der Waals surface area contributed by atoms with E-state index in [1.165, 1.54) is 6.42 Å². The molecule has 1 saturated carbocycles. The van der Waals surface area contributed by atoms with Crippen LogP contribution in [0.15, 0.2) is 0 Å². The summed E-state index contributed by atoms with van der Waals surface area (Å²) < 4.78 is 5.56.